The van der Waals surface area contributed by atoms with E-state index in [1.165, 1.54) is 22.3 Å². The molecular formula is C35H37NO3. The number of oxime groups is 1. The smallest absolute Gasteiger partial charge is 0.176 e. The zero-order valence-electron chi connectivity index (χ0n) is 23.2. The number of benzene rings is 2. The van der Waals surface area contributed by atoms with Crippen LogP contribution in [0.25, 0.3) is 0 Å². The Balaban J connectivity index is 1.33. The summed E-state index contributed by atoms with van der Waals surface area (Å²) in [6.07, 6.45) is 12.6. The quantitative estimate of drug-likeness (QED) is 0.0932. The van der Waals surface area contributed by atoms with E-state index in [0.29, 0.717) is 43.3 Å². The summed E-state index contributed by atoms with van der Waals surface area (Å²) in [4.78, 5) is 18.3. The monoisotopic (exact) mass is 519 g/mol. The topological polar surface area (TPSA) is 47.9 Å². The van der Waals surface area contributed by atoms with Crippen LogP contribution in [-0.2, 0) is 14.4 Å². The zero-order chi connectivity index (χ0) is 27.6. The van der Waals surface area contributed by atoms with Crippen LogP contribution < -0.4 is 0 Å². The third kappa shape index (κ3) is 8.17. The predicted octanol–water partition coefficient (Wildman–Crippen LogP) is 8.29. The van der Waals surface area contributed by atoms with Gasteiger partial charge in [0.25, 0.3) is 0 Å². The van der Waals surface area contributed by atoms with Crippen LogP contribution in [0.2, 0.25) is 0 Å². The average Bonchev–Trinajstić information content (AvgIpc) is 3.73. The summed E-state index contributed by atoms with van der Waals surface area (Å²) in [7, 11) is 0. The summed E-state index contributed by atoms with van der Waals surface area (Å²) in [6, 6.07) is 19.4. The molecule has 0 bridgehead atoms. The molecule has 0 aromatic heterocycles. The van der Waals surface area contributed by atoms with Gasteiger partial charge in [0.1, 0.15) is 12.4 Å². The van der Waals surface area contributed by atoms with Crippen molar-refractivity contribution in [3.8, 4) is 0 Å². The molecule has 1 saturated carbocycles. The van der Waals surface area contributed by atoms with Gasteiger partial charge in [-0.15, -0.1) is 0 Å². The van der Waals surface area contributed by atoms with E-state index in [1.54, 1.807) is 0 Å². The SMILES string of the molecule is C=C=C(CC)O/N=C(\C)COC1=CCC=C(CC(=O)/C=C2\CC2C(c2ccccc2)c2ccc(C)cc2)C=C1. The van der Waals surface area contributed by atoms with E-state index in [2.05, 4.69) is 85.1 Å². The molecule has 2 aliphatic rings. The fourth-order valence-electron chi connectivity index (χ4n) is 4.70. The van der Waals surface area contributed by atoms with E-state index >= 15 is 0 Å². The third-order valence-electron chi connectivity index (χ3n) is 6.93. The minimum atomic E-state index is 0.144. The van der Waals surface area contributed by atoms with Crippen molar-refractivity contribution in [2.75, 3.05) is 6.61 Å². The lowest BCUT2D eigenvalue weighted by Crippen LogP contribution is -2.04. The Kier molecular flexibility index (Phi) is 9.72. The molecule has 4 nitrogen and oxygen atoms in total. The van der Waals surface area contributed by atoms with Gasteiger partial charge in [-0.1, -0.05) is 102 Å². The van der Waals surface area contributed by atoms with Crippen molar-refractivity contribution in [1.29, 1.82) is 0 Å². The number of carbonyl (C=O) groups is 1. The first-order valence-electron chi connectivity index (χ1n) is 13.6. The number of allylic oxidation sites excluding steroid dienone is 8. The third-order valence-corrected chi connectivity index (χ3v) is 6.93. The highest BCUT2D eigenvalue weighted by Gasteiger charge is 2.39. The van der Waals surface area contributed by atoms with Crippen molar-refractivity contribution in [3.63, 3.8) is 0 Å². The molecule has 200 valence electrons. The van der Waals surface area contributed by atoms with Gasteiger partial charge < -0.3 is 9.57 Å². The van der Waals surface area contributed by atoms with Gasteiger partial charge in [0.2, 0.25) is 0 Å². The number of aryl methyl sites for hydroxylation is 1. The molecule has 2 aromatic carbocycles. The van der Waals surface area contributed by atoms with E-state index in [-0.39, 0.29) is 11.7 Å². The summed E-state index contributed by atoms with van der Waals surface area (Å²) in [5.41, 5.74) is 9.52. The summed E-state index contributed by atoms with van der Waals surface area (Å²) < 4.78 is 5.87. The van der Waals surface area contributed by atoms with Gasteiger partial charge >= 0.3 is 0 Å². The number of rotatable bonds is 12. The Morgan fingerprint density at radius 3 is 2.56 bits per heavy atom. The Morgan fingerprint density at radius 1 is 1.10 bits per heavy atom. The molecular weight excluding hydrogens is 482 g/mol. The summed E-state index contributed by atoms with van der Waals surface area (Å²) in [6.45, 7) is 9.81. The van der Waals surface area contributed by atoms with Gasteiger partial charge in [0.15, 0.2) is 11.5 Å². The van der Waals surface area contributed by atoms with Gasteiger partial charge in [-0.25, -0.2) is 0 Å². The molecule has 2 aromatic rings. The van der Waals surface area contributed by atoms with Gasteiger partial charge in [0, 0.05) is 18.8 Å². The molecule has 1 fully saturated rings. The van der Waals surface area contributed by atoms with E-state index in [1.807, 2.05) is 38.2 Å². The highest BCUT2D eigenvalue weighted by Crippen LogP contribution is 2.51. The van der Waals surface area contributed by atoms with Gasteiger partial charge in [-0.2, -0.15) is 0 Å². The predicted molar refractivity (Wildman–Crippen MR) is 158 cm³/mol. The van der Waals surface area contributed by atoms with Crippen LogP contribution in [0.5, 0.6) is 0 Å². The Hall–Kier alpha value is -4.14. The fraction of sp³-hybridized carbons (Fsp3) is 0.286. The summed E-state index contributed by atoms with van der Waals surface area (Å²) in [5, 5.41) is 4.06. The molecule has 2 unspecified atom stereocenters. The first-order valence-corrected chi connectivity index (χ1v) is 13.6. The lowest BCUT2D eigenvalue weighted by molar-refractivity contribution is -0.114. The first kappa shape index (κ1) is 27.9. The van der Waals surface area contributed by atoms with E-state index in [9.17, 15) is 4.79 Å². The molecule has 0 amide bonds. The molecule has 0 aliphatic heterocycles. The van der Waals surface area contributed by atoms with Crippen LogP contribution in [0, 0.1) is 12.8 Å². The maximum Gasteiger partial charge on any atom is 0.176 e. The molecule has 39 heavy (non-hydrogen) atoms. The standard InChI is InChI=1S/C35H37NO3/c1-5-32(6-2)39-36-26(4)24-38-33-14-10-11-27(17-20-33)21-31(37)22-30-23-34(30)35(28-12-8-7-9-13-28)29-18-15-25(3)16-19-29/h7-9,11-20,22,34-35H,1,6,10,21,23-24H2,2-4H3/b30-22+,36-26+. The Morgan fingerprint density at radius 2 is 1.85 bits per heavy atom. The minimum Gasteiger partial charge on any atom is -0.488 e. The second-order valence-corrected chi connectivity index (χ2v) is 10.1. The van der Waals surface area contributed by atoms with Gasteiger partial charge in [-0.05, 0) is 67.5 Å². The van der Waals surface area contributed by atoms with Crippen LogP contribution in [-0.4, -0.2) is 18.1 Å². The number of hydrogen-bond acceptors (Lipinski definition) is 4. The largest absolute Gasteiger partial charge is 0.488 e. The van der Waals surface area contributed by atoms with Crippen LogP contribution in [0.3, 0.4) is 0 Å². The van der Waals surface area contributed by atoms with E-state index in [4.69, 9.17) is 9.57 Å². The fourth-order valence-corrected chi connectivity index (χ4v) is 4.70. The lowest BCUT2D eigenvalue weighted by Gasteiger charge is -2.17. The maximum absolute atomic E-state index is 13.0. The van der Waals surface area contributed by atoms with Crippen molar-refractivity contribution < 1.29 is 14.4 Å². The van der Waals surface area contributed by atoms with E-state index in [0.717, 1.165) is 17.8 Å². The highest BCUT2D eigenvalue weighted by molar-refractivity contribution is 5.93. The maximum atomic E-state index is 13.0. The highest BCUT2D eigenvalue weighted by atomic mass is 16.6. The Bertz CT molecular complexity index is 1370. The van der Waals surface area contributed by atoms with Crippen molar-refractivity contribution in [1.82, 2.24) is 0 Å². The second kappa shape index (κ2) is 13.6. The van der Waals surface area contributed by atoms with Crippen LogP contribution >= 0.6 is 0 Å². The molecule has 0 saturated heterocycles. The van der Waals surface area contributed by atoms with Gasteiger partial charge in [-0.3, -0.25) is 4.79 Å². The average molecular weight is 520 g/mol. The van der Waals surface area contributed by atoms with Gasteiger partial charge in [0.05, 0.1) is 5.71 Å². The molecule has 4 heteroatoms. The van der Waals surface area contributed by atoms with Crippen molar-refractivity contribution in [2.45, 2.75) is 52.4 Å². The summed E-state index contributed by atoms with van der Waals surface area (Å²) >= 11 is 0. The second-order valence-electron chi connectivity index (χ2n) is 10.1. The summed E-state index contributed by atoms with van der Waals surface area (Å²) in [5.74, 6) is 2.13. The number of carbonyl (C=O) groups excluding carboxylic acids is 1. The molecule has 4 rings (SSSR count). The van der Waals surface area contributed by atoms with Crippen LogP contribution in [0.1, 0.15) is 62.1 Å². The number of ketones is 1. The molecule has 0 N–H and O–H groups in total. The number of ether oxygens (including phenoxy) is 1. The lowest BCUT2D eigenvalue weighted by atomic mass is 9.86. The van der Waals surface area contributed by atoms with E-state index < -0.39 is 0 Å². The zero-order valence-corrected chi connectivity index (χ0v) is 23.2. The van der Waals surface area contributed by atoms with Crippen molar-refractivity contribution >= 4 is 11.5 Å². The molecule has 2 aliphatic carbocycles. The number of nitrogens with zero attached hydrogens (tertiary/aromatic N) is 1. The van der Waals surface area contributed by atoms with Crippen molar-refractivity contribution in [2.24, 2.45) is 11.1 Å². The number of hydrogen-bond donors (Lipinski definition) is 0. The Labute approximate surface area is 232 Å². The molecule has 2 atom stereocenters. The van der Waals surface area contributed by atoms with Crippen LogP contribution in [0.4, 0.5) is 0 Å². The first-order chi connectivity index (χ1) is 19.0. The minimum absolute atomic E-state index is 0.144. The molecule has 0 radical (unpaired) electrons. The van der Waals surface area contributed by atoms with Crippen LogP contribution in [0.15, 0.2) is 125 Å². The molecule has 0 spiro atoms. The molecule has 0 heterocycles. The van der Waals surface area contributed by atoms with Crippen molar-refractivity contribution in [3.05, 3.63) is 137 Å². The normalized spacial score (nSPS) is 18.4.